The zero-order chi connectivity index (χ0) is 11.6. The van der Waals surface area contributed by atoms with Gasteiger partial charge in [0.2, 0.25) is 0 Å². The van der Waals surface area contributed by atoms with Gasteiger partial charge >= 0.3 is 5.97 Å². The average molecular weight is 225 g/mol. The van der Waals surface area contributed by atoms with Gasteiger partial charge in [0.1, 0.15) is 0 Å². The van der Waals surface area contributed by atoms with Gasteiger partial charge in [-0.3, -0.25) is 4.79 Å². The van der Waals surface area contributed by atoms with E-state index < -0.39 is 5.97 Å². The second kappa shape index (κ2) is 4.74. The second-order valence-corrected chi connectivity index (χ2v) is 5.67. The van der Waals surface area contributed by atoms with Gasteiger partial charge in [0.25, 0.3) is 0 Å². The monoisotopic (exact) mass is 225 g/mol. The number of carboxylic acid groups (broad SMARTS) is 1. The molecule has 1 atom stereocenters. The Morgan fingerprint density at radius 2 is 1.94 bits per heavy atom. The Morgan fingerprint density at radius 1 is 1.31 bits per heavy atom. The Hall–Kier alpha value is -0.570. The first-order valence-corrected chi connectivity index (χ1v) is 6.60. The number of hydrogen-bond acceptors (Lipinski definition) is 2. The highest BCUT2D eigenvalue weighted by Gasteiger charge is 2.43. The fourth-order valence-corrected chi connectivity index (χ4v) is 3.34. The molecule has 3 heteroatoms. The predicted molar refractivity (Wildman–Crippen MR) is 63.4 cm³/mol. The first-order valence-electron chi connectivity index (χ1n) is 6.60. The Balaban J connectivity index is 1.77. The standard InChI is InChI=1S/C13H23NO2/c1-2-11(12(15)16)8-14-9-13(10-14)6-4-3-5-7-13/h11H,2-10H2,1H3,(H,15,16). The molecule has 1 spiro atoms. The molecule has 3 nitrogen and oxygen atoms in total. The van der Waals surface area contributed by atoms with Crippen molar-refractivity contribution >= 4 is 5.97 Å². The van der Waals surface area contributed by atoms with Crippen LogP contribution in [0.25, 0.3) is 0 Å². The van der Waals surface area contributed by atoms with Crippen LogP contribution in [0.4, 0.5) is 0 Å². The summed E-state index contributed by atoms with van der Waals surface area (Å²) in [6.07, 6.45) is 7.64. The van der Waals surface area contributed by atoms with E-state index in [1.54, 1.807) is 0 Å². The van der Waals surface area contributed by atoms with Gasteiger partial charge in [0.05, 0.1) is 5.92 Å². The van der Waals surface area contributed by atoms with Crippen LogP contribution in [0.1, 0.15) is 45.4 Å². The molecule has 1 saturated carbocycles. The maximum absolute atomic E-state index is 10.9. The highest BCUT2D eigenvalue weighted by Crippen LogP contribution is 2.43. The third-order valence-corrected chi connectivity index (χ3v) is 4.35. The summed E-state index contributed by atoms with van der Waals surface area (Å²) in [6, 6.07) is 0. The van der Waals surface area contributed by atoms with Gasteiger partial charge in [-0.05, 0) is 24.7 Å². The van der Waals surface area contributed by atoms with Crippen LogP contribution < -0.4 is 0 Å². The van der Waals surface area contributed by atoms with Gasteiger partial charge < -0.3 is 10.0 Å². The van der Waals surface area contributed by atoms with E-state index in [2.05, 4.69) is 4.90 Å². The molecule has 0 aromatic rings. The number of hydrogen-bond donors (Lipinski definition) is 1. The summed E-state index contributed by atoms with van der Waals surface area (Å²) in [5.41, 5.74) is 0.578. The van der Waals surface area contributed by atoms with Gasteiger partial charge in [-0.1, -0.05) is 26.2 Å². The molecule has 1 aliphatic carbocycles. The van der Waals surface area contributed by atoms with Crippen molar-refractivity contribution in [2.45, 2.75) is 45.4 Å². The lowest BCUT2D eigenvalue weighted by atomic mass is 9.68. The summed E-state index contributed by atoms with van der Waals surface area (Å²) in [6.45, 7) is 5.02. The zero-order valence-corrected chi connectivity index (χ0v) is 10.2. The van der Waals surface area contributed by atoms with Crippen LogP contribution in [-0.2, 0) is 4.79 Å². The van der Waals surface area contributed by atoms with Gasteiger partial charge in [-0.2, -0.15) is 0 Å². The van der Waals surface area contributed by atoms with E-state index in [0.29, 0.717) is 5.41 Å². The minimum Gasteiger partial charge on any atom is -0.481 e. The minimum atomic E-state index is -0.632. The molecule has 2 aliphatic rings. The van der Waals surface area contributed by atoms with Crippen molar-refractivity contribution in [2.24, 2.45) is 11.3 Å². The number of rotatable bonds is 4. The molecular weight excluding hydrogens is 202 g/mol. The van der Waals surface area contributed by atoms with Gasteiger partial charge in [-0.25, -0.2) is 0 Å². The SMILES string of the molecule is CCC(CN1CC2(CCCCC2)C1)C(=O)O. The summed E-state index contributed by atoms with van der Waals surface area (Å²) in [5, 5.41) is 9.02. The second-order valence-electron chi connectivity index (χ2n) is 5.67. The molecular formula is C13H23NO2. The van der Waals surface area contributed by atoms with Crippen molar-refractivity contribution < 1.29 is 9.90 Å². The van der Waals surface area contributed by atoms with E-state index in [1.165, 1.54) is 32.1 Å². The molecule has 0 radical (unpaired) electrons. The third-order valence-electron chi connectivity index (χ3n) is 4.35. The number of likely N-dealkylation sites (tertiary alicyclic amines) is 1. The molecule has 2 fully saturated rings. The molecule has 16 heavy (non-hydrogen) atoms. The van der Waals surface area contributed by atoms with Crippen molar-refractivity contribution in [1.29, 1.82) is 0 Å². The molecule has 0 amide bonds. The summed E-state index contributed by atoms with van der Waals surface area (Å²) in [5.74, 6) is -0.798. The largest absolute Gasteiger partial charge is 0.481 e. The maximum atomic E-state index is 10.9. The maximum Gasteiger partial charge on any atom is 0.307 e. The van der Waals surface area contributed by atoms with E-state index >= 15 is 0 Å². The summed E-state index contributed by atoms with van der Waals surface area (Å²) >= 11 is 0. The van der Waals surface area contributed by atoms with Crippen LogP contribution in [0.2, 0.25) is 0 Å². The van der Waals surface area contributed by atoms with Gasteiger partial charge in [0, 0.05) is 19.6 Å². The minimum absolute atomic E-state index is 0.166. The zero-order valence-electron chi connectivity index (χ0n) is 10.2. The van der Waals surface area contributed by atoms with Crippen LogP contribution in [-0.4, -0.2) is 35.6 Å². The fourth-order valence-electron chi connectivity index (χ4n) is 3.34. The third kappa shape index (κ3) is 2.40. The molecule has 92 valence electrons. The molecule has 1 saturated heterocycles. The normalized spacial score (nSPS) is 26.3. The van der Waals surface area contributed by atoms with Crippen molar-refractivity contribution in [1.82, 2.24) is 4.90 Å². The molecule has 0 aromatic heterocycles. The predicted octanol–water partition coefficient (Wildman–Crippen LogP) is 2.36. The Morgan fingerprint density at radius 3 is 2.44 bits per heavy atom. The first-order chi connectivity index (χ1) is 7.65. The summed E-state index contributed by atoms with van der Waals surface area (Å²) in [4.78, 5) is 13.3. The number of carboxylic acids is 1. The molecule has 1 heterocycles. The average Bonchev–Trinajstić information content (AvgIpc) is 2.24. The lowest BCUT2D eigenvalue weighted by Crippen LogP contribution is -2.58. The van der Waals surface area contributed by atoms with E-state index in [9.17, 15) is 4.79 Å². The quantitative estimate of drug-likeness (QED) is 0.798. The molecule has 1 N–H and O–H groups in total. The number of nitrogens with zero attached hydrogens (tertiary/aromatic N) is 1. The topological polar surface area (TPSA) is 40.5 Å². The van der Waals surface area contributed by atoms with Crippen molar-refractivity contribution in [3.05, 3.63) is 0 Å². The molecule has 2 rings (SSSR count). The Kier molecular flexibility index (Phi) is 3.53. The van der Waals surface area contributed by atoms with Crippen LogP contribution in [0.5, 0.6) is 0 Å². The Bertz CT molecular complexity index is 251. The van der Waals surface area contributed by atoms with Crippen molar-refractivity contribution in [3.8, 4) is 0 Å². The van der Waals surface area contributed by atoms with Gasteiger partial charge in [-0.15, -0.1) is 0 Å². The Labute approximate surface area is 97.8 Å². The fraction of sp³-hybridized carbons (Fsp3) is 0.923. The summed E-state index contributed by atoms with van der Waals surface area (Å²) in [7, 11) is 0. The van der Waals surface area contributed by atoms with Crippen molar-refractivity contribution in [3.63, 3.8) is 0 Å². The van der Waals surface area contributed by atoms with Crippen LogP contribution in [0.3, 0.4) is 0 Å². The molecule has 1 unspecified atom stereocenters. The van der Waals surface area contributed by atoms with Crippen molar-refractivity contribution in [2.75, 3.05) is 19.6 Å². The lowest BCUT2D eigenvalue weighted by molar-refractivity contribution is -0.144. The first kappa shape index (κ1) is 11.9. The summed E-state index contributed by atoms with van der Waals surface area (Å²) < 4.78 is 0. The van der Waals surface area contributed by atoms with E-state index in [4.69, 9.17) is 5.11 Å². The van der Waals surface area contributed by atoms with Crippen LogP contribution in [0, 0.1) is 11.3 Å². The number of carbonyl (C=O) groups is 1. The number of aliphatic carboxylic acids is 1. The molecule has 1 aliphatic heterocycles. The van der Waals surface area contributed by atoms with Crippen LogP contribution in [0.15, 0.2) is 0 Å². The smallest absolute Gasteiger partial charge is 0.307 e. The van der Waals surface area contributed by atoms with E-state index in [-0.39, 0.29) is 5.92 Å². The van der Waals surface area contributed by atoms with Crippen LogP contribution >= 0.6 is 0 Å². The van der Waals surface area contributed by atoms with E-state index in [0.717, 1.165) is 26.1 Å². The van der Waals surface area contributed by atoms with Gasteiger partial charge in [0.15, 0.2) is 0 Å². The highest BCUT2D eigenvalue weighted by atomic mass is 16.4. The molecule has 0 aromatic carbocycles. The lowest BCUT2D eigenvalue weighted by Gasteiger charge is -2.53. The molecule has 0 bridgehead atoms. The highest BCUT2D eigenvalue weighted by molar-refractivity contribution is 5.70. The van der Waals surface area contributed by atoms with E-state index in [1.807, 2.05) is 6.92 Å².